The molecule has 0 radical (unpaired) electrons. The lowest BCUT2D eigenvalue weighted by Gasteiger charge is -2.10. The van der Waals surface area contributed by atoms with Gasteiger partial charge in [0.1, 0.15) is 5.56 Å². The van der Waals surface area contributed by atoms with E-state index in [1.807, 2.05) is 0 Å². The van der Waals surface area contributed by atoms with Gasteiger partial charge in [0.05, 0.1) is 10.6 Å². The highest BCUT2D eigenvalue weighted by molar-refractivity contribution is 6.34. The number of rotatable bonds is 2. The number of benzene rings is 2. The van der Waals surface area contributed by atoms with Crippen LogP contribution in [-0.4, -0.2) is 5.91 Å². The lowest BCUT2D eigenvalue weighted by Crippen LogP contribution is -2.21. The van der Waals surface area contributed by atoms with Crippen LogP contribution >= 0.6 is 11.6 Å². The Morgan fingerprint density at radius 1 is 1.08 bits per heavy atom. The largest absolute Gasteiger partial charge is 0.421 e. The molecule has 3 rings (SSSR count). The molecule has 1 N–H and O–H groups in total. The van der Waals surface area contributed by atoms with Crippen LogP contribution in [0.1, 0.15) is 15.9 Å². The molecule has 0 saturated carbocycles. The number of para-hydroxylation sites is 1. The predicted octanol–water partition coefficient (Wildman–Crippen LogP) is 4.72. The van der Waals surface area contributed by atoms with Gasteiger partial charge in [-0.3, -0.25) is 4.79 Å². The summed E-state index contributed by atoms with van der Waals surface area (Å²) in [5.41, 5.74) is -2.16. The fourth-order valence-electron chi connectivity index (χ4n) is 2.24. The zero-order valence-corrected chi connectivity index (χ0v) is 13.1. The highest BCUT2D eigenvalue weighted by atomic mass is 35.5. The van der Waals surface area contributed by atoms with Crippen molar-refractivity contribution in [3.8, 4) is 0 Å². The fourth-order valence-corrected chi connectivity index (χ4v) is 2.46. The second-order valence-electron chi connectivity index (χ2n) is 5.14. The van der Waals surface area contributed by atoms with E-state index in [0.717, 1.165) is 18.2 Å². The highest BCUT2D eigenvalue weighted by Gasteiger charge is 2.30. The Labute approximate surface area is 143 Å². The van der Waals surface area contributed by atoms with Crippen LogP contribution < -0.4 is 10.9 Å². The van der Waals surface area contributed by atoms with E-state index in [9.17, 15) is 22.8 Å². The molecule has 0 atom stereocenters. The smallest absolute Gasteiger partial charge is 0.416 e. The number of fused-ring (bicyclic) bond motifs is 1. The number of amides is 1. The molecule has 1 aromatic heterocycles. The molecule has 25 heavy (non-hydrogen) atoms. The molecule has 0 aliphatic rings. The van der Waals surface area contributed by atoms with E-state index >= 15 is 0 Å². The standard InChI is InChI=1S/C17H9ClF3NO3/c18-13-6-1-3-9-7-12(16(24)25-14(9)13)15(23)22-11-5-2-4-10(8-11)17(19,20)21/h1-8H,(H,22,23). The summed E-state index contributed by atoms with van der Waals surface area (Å²) < 4.78 is 43.2. The normalized spacial score (nSPS) is 11.5. The van der Waals surface area contributed by atoms with Crippen molar-refractivity contribution in [2.24, 2.45) is 0 Å². The molecule has 8 heteroatoms. The van der Waals surface area contributed by atoms with Gasteiger partial charge in [0.15, 0.2) is 5.58 Å². The number of halogens is 4. The third-order valence-corrected chi connectivity index (χ3v) is 3.70. The molecule has 0 unspecified atom stereocenters. The molecule has 0 spiro atoms. The Kier molecular flexibility index (Phi) is 4.26. The van der Waals surface area contributed by atoms with Crippen LogP contribution in [0.5, 0.6) is 0 Å². The topological polar surface area (TPSA) is 59.3 Å². The molecule has 0 fully saturated rings. The number of carbonyl (C=O) groups is 1. The molecule has 0 saturated heterocycles. The summed E-state index contributed by atoms with van der Waals surface area (Å²) in [7, 11) is 0. The maximum atomic E-state index is 12.7. The number of hydrogen-bond donors (Lipinski definition) is 1. The lowest BCUT2D eigenvalue weighted by molar-refractivity contribution is -0.137. The summed E-state index contributed by atoms with van der Waals surface area (Å²) in [4.78, 5) is 24.2. The Morgan fingerprint density at radius 3 is 2.52 bits per heavy atom. The van der Waals surface area contributed by atoms with Crippen LogP contribution in [-0.2, 0) is 6.18 Å². The van der Waals surface area contributed by atoms with Crippen molar-refractivity contribution in [1.82, 2.24) is 0 Å². The Morgan fingerprint density at radius 2 is 1.80 bits per heavy atom. The van der Waals surface area contributed by atoms with E-state index in [2.05, 4.69) is 5.32 Å². The van der Waals surface area contributed by atoms with Gasteiger partial charge in [-0.2, -0.15) is 13.2 Å². The summed E-state index contributed by atoms with van der Waals surface area (Å²) >= 11 is 5.91. The molecule has 128 valence electrons. The van der Waals surface area contributed by atoms with Gasteiger partial charge < -0.3 is 9.73 Å². The molecule has 2 aromatic carbocycles. The van der Waals surface area contributed by atoms with Crippen LogP contribution in [0.4, 0.5) is 18.9 Å². The molecule has 0 bridgehead atoms. The van der Waals surface area contributed by atoms with Crippen LogP contribution in [0.2, 0.25) is 5.02 Å². The van der Waals surface area contributed by atoms with E-state index < -0.39 is 23.3 Å². The second-order valence-corrected chi connectivity index (χ2v) is 5.55. The van der Waals surface area contributed by atoms with Crippen LogP contribution in [0.3, 0.4) is 0 Å². The summed E-state index contributed by atoms with van der Waals surface area (Å²) in [6, 6.07) is 10.1. The molecule has 0 aliphatic heterocycles. The fraction of sp³-hybridized carbons (Fsp3) is 0.0588. The first-order valence-electron chi connectivity index (χ1n) is 6.97. The van der Waals surface area contributed by atoms with Crippen molar-refractivity contribution >= 4 is 34.2 Å². The number of alkyl halides is 3. The third kappa shape index (κ3) is 3.51. The SMILES string of the molecule is O=C(Nc1cccc(C(F)(F)F)c1)c1cc2cccc(Cl)c2oc1=O. The summed E-state index contributed by atoms with van der Waals surface area (Å²) in [5, 5.41) is 2.88. The maximum absolute atomic E-state index is 12.7. The van der Waals surface area contributed by atoms with E-state index in [0.29, 0.717) is 5.39 Å². The predicted molar refractivity (Wildman–Crippen MR) is 86.9 cm³/mol. The molecule has 1 heterocycles. The van der Waals surface area contributed by atoms with Crippen LogP contribution in [0, 0.1) is 0 Å². The van der Waals surface area contributed by atoms with Crippen molar-refractivity contribution in [2.45, 2.75) is 6.18 Å². The molecule has 1 amide bonds. The van der Waals surface area contributed by atoms with Crippen molar-refractivity contribution in [2.75, 3.05) is 5.32 Å². The Bertz CT molecular complexity index is 1030. The Balaban J connectivity index is 1.96. The number of nitrogens with one attached hydrogen (secondary N) is 1. The van der Waals surface area contributed by atoms with Gasteiger partial charge in [-0.1, -0.05) is 29.8 Å². The number of carbonyl (C=O) groups excluding carboxylic acids is 1. The summed E-state index contributed by atoms with van der Waals surface area (Å²) in [6.45, 7) is 0. The highest BCUT2D eigenvalue weighted by Crippen LogP contribution is 2.30. The quantitative estimate of drug-likeness (QED) is 0.667. The van der Waals surface area contributed by atoms with Gasteiger partial charge in [-0.15, -0.1) is 0 Å². The van der Waals surface area contributed by atoms with Gasteiger partial charge in [0.25, 0.3) is 5.91 Å². The summed E-state index contributed by atoms with van der Waals surface area (Å²) in [5.74, 6) is -0.880. The Hall–Kier alpha value is -2.80. The first kappa shape index (κ1) is 17.0. The van der Waals surface area contributed by atoms with Crippen molar-refractivity contribution in [3.63, 3.8) is 0 Å². The molecular formula is C17H9ClF3NO3. The van der Waals surface area contributed by atoms with Gasteiger partial charge in [0.2, 0.25) is 0 Å². The monoisotopic (exact) mass is 367 g/mol. The average molecular weight is 368 g/mol. The van der Waals surface area contributed by atoms with E-state index in [4.69, 9.17) is 16.0 Å². The first-order valence-corrected chi connectivity index (χ1v) is 7.34. The average Bonchev–Trinajstić information content (AvgIpc) is 2.54. The lowest BCUT2D eigenvalue weighted by atomic mass is 10.1. The zero-order valence-electron chi connectivity index (χ0n) is 12.4. The van der Waals surface area contributed by atoms with E-state index in [1.165, 1.54) is 18.2 Å². The molecular weight excluding hydrogens is 359 g/mol. The number of anilines is 1. The maximum Gasteiger partial charge on any atom is 0.416 e. The first-order chi connectivity index (χ1) is 11.8. The molecule has 4 nitrogen and oxygen atoms in total. The molecule has 3 aromatic rings. The van der Waals surface area contributed by atoms with Crippen LogP contribution in [0.25, 0.3) is 11.0 Å². The van der Waals surface area contributed by atoms with Gasteiger partial charge in [-0.25, -0.2) is 4.79 Å². The van der Waals surface area contributed by atoms with E-state index in [-0.39, 0.29) is 21.9 Å². The summed E-state index contributed by atoms with van der Waals surface area (Å²) in [6.07, 6.45) is -4.54. The number of hydrogen-bond acceptors (Lipinski definition) is 3. The van der Waals surface area contributed by atoms with Gasteiger partial charge >= 0.3 is 11.8 Å². The second kappa shape index (κ2) is 6.25. The van der Waals surface area contributed by atoms with Gasteiger partial charge in [-0.05, 0) is 30.3 Å². The van der Waals surface area contributed by atoms with Crippen molar-refractivity contribution < 1.29 is 22.4 Å². The minimum Gasteiger partial charge on any atom is -0.421 e. The van der Waals surface area contributed by atoms with Crippen LogP contribution in [0.15, 0.2) is 57.7 Å². The molecule has 0 aliphatic carbocycles. The third-order valence-electron chi connectivity index (χ3n) is 3.40. The van der Waals surface area contributed by atoms with Gasteiger partial charge in [0, 0.05) is 11.1 Å². The minimum atomic E-state index is -4.54. The van der Waals surface area contributed by atoms with E-state index in [1.54, 1.807) is 12.1 Å². The zero-order chi connectivity index (χ0) is 18.2. The van der Waals surface area contributed by atoms with Crippen molar-refractivity contribution in [1.29, 1.82) is 0 Å². The van der Waals surface area contributed by atoms with Crippen molar-refractivity contribution in [3.05, 3.63) is 75.1 Å². The minimum absolute atomic E-state index is 0.0922.